The highest BCUT2D eigenvalue weighted by Crippen LogP contribution is 2.22. The summed E-state index contributed by atoms with van der Waals surface area (Å²) in [6.07, 6.45) is 1.63. The van der Waals surface area contributed by atoms with Crippen molar-refractivity contribution in [1.82, 2.24) is 20.1 Å². The van der Waals surface area contributed by atoms with E-state index < -0.39 is 0 Å². The van der Waals surface area contributed by atoms with Crippen molar-refractivity contribution in [3.8, 4) is 0 Å². The molecular weight excluding hydrogens is 284 g/mol. The summed E-state index contributed by atoms with van der Waals surface area (Å²) in [5.41, 5.74) is 1.13. The van der Waals surface area contributed by atoms with E-state index in [0.717, 1.165) is 10.7 Å². The molecule has 1 N–H and O–H groups in total. The third-order valence-corrected chi connectivity index (χ3v) is 4.18. The lowest BCUT2D eigenvalue weighted by atomic mass is 9.96. The molecular formula is C15H20N4OS. The minimum absolute atomic E-state index is 0.00514. The number of aromatic nitrogens is 3. The molecule has 1 unspecified atom stereocenters. The standard InChI is InChI=1S/C15H20N4OS/c1-11(2)14(12-7-5-4-6-8-12)17-13(20)9-21-15-18-16-10-19(15)3/h4-8,10-11,14H,9H2,1-3H3,(H,17,20). The highest BCUT2D eigenvalue weighted by atomic mass is 32.2. The Morgan fingerprint density at radius 3 is 2.62 bits per heavy atom. The van der Waals surface area contributed by atoms with Crippen LogP contribution in [0.15, 0.2) is 41.8 Å². The third kappa shape index (κ3) is 4.32. The van der Waals surface area contributed by atoms with Crippen molar-refractivity contribution in [1.29, 1.82) is 0 Å². The number of hydrogen-bond acceptors (Lipinski definition) is 4. The molecule has 0 aliphatic rings. The molecule has 6 heteroatoms. The molecule has 0 spiro atoms. The number of carbonyl (C=O) groups is 1. The molecule has 0 bridgehead atoms. The predicted octanol–water partition coefficient (Wildman–Crippen LogP) is 2.42. The fourth-order valence-corrected chi connectivity index (χ4v) is 2.74. The van der Waals surface area contributed by atoms with Gasteiger partial charge in [-0.1, -0.05) is 55.9 Å². The van der Waals surface area contributed by atoms with Crippen LogP contribution in [0.25, 0.3) is 0 Å². The maximum atomic E-state index is 12.1. The van der Waals surface area contributed by atoms with Gasteiger partial charge in [-0.3, -0.25) is 4.79 Å². The Morgan fingerprint density at radius 1 is 1.33 bits per heavy atom. The monoisotopic (exact) mass is 304 g/mol. The lowest BCUT2D eigenvalue weighted by molar-refractivity contribution is -0.119. The zero-order chi connectivity index (χ0) is 15.2. The zero-order valence-electron chi connectivity index (χ0n) is 12.5. The van der Waals surface area contributed by atoms with Gasteiger partial charge in [0.2, 0.25) is 5.91 Å². The number of hydrogen-bond donors (Lipinski definition) is 1. The number of thioether (sulfide) groups is 1. The van der Waals surface area contributed by atoms with Gasteiger partial charge < -0.3 is 9.88 Å². The van der Waals surface area contributed by atoms with Gasteiger partial charge in [-0.25, -0.2) is 0 Å². The molecule has 1 amide bonds. The van der Waals surface area contributed by atoms with Crippen LogP contribution in [0.1, 0.15) is 25.5 Å². The second-order valence-corrected chi connectivity index (χ2v) is 6.16. The van der Waals surface area contributed by atoms with Gasteiger partial charge in [0.1, 0.15) is 6.33 Å². The predicted molar refractivity (Wildman–Crippen MR) is 83.9 cm³/mol. The van der Waals surface area contributed by atoms with Gasteiger partial charge in [0, 0.05) is 7.05 Å². The molecule has 1 atom stereocenters. The Hall–Kier alpha value is -1.82. The summed E-state index contributed by atoms with van der Waals surface area (Å²) >= 11 is 1.39. The normalized spacial score (nSPS) is 12.4. The van der Waals surface area contributed by atoms with Gasteiger partial charge >= 0.3 is 0 Å². The van der Waals surface area contributed by atoms with E-state index in [4.69, 9.17) is 0 Å². The van der Waals surface area contributed by atoms with E-state index in [0.29, 0.717) is 11.7 Å². The summed E-state index contributed by atoms with van der Waals surface area (Å²) in [7, 11) is 1.86. The molecule has 1 aromatic carbocycles. The Kier molecular flexibility index (Phi) is 5.38. The highest BCUT2D eigenvalue weighted by molar-refractivity contribution is 7.99. The van der Waals surface area contributed by atoms with E-state index in [2.05, 4.69) is 29.4 Å². The number of benzene rings is 1. The second-order valence-electron chi connectivity index (χ2n) is 5.21. The molecule has 2 rings (SSSR count). The molecule has 0 fully saturated rings. The van der Waals surface area contributed by atoms with E-state index >= 15 is 0 Å². The number of amides is 1. The summed E-state index contributed by atoms with van der Waals surface area (Å²) < 4.78 is 1.80. The van der Waals surface area contributed by atoms with Gasteiger partial charge in [-0.2, -0.15) is 0 Å². The van der Waals surface area contributed by atoms with Crippen molar-refractivity contribution >= 4 is 17.7 Å². The van der Waals surface area contributed by atoms with Crippen LogP contribution < -0.4 is 5.32 Å². The summed E-state index contributed by atoms with van der Waals surface area (Å²) in [4.78, 5) is 12.1. The Bertz CT molecular complexity index is 582. The lowest BCUT2D eigenvalue weighted by Crippen LogP contribution is -2.33. The van der Waals surface area contributed by atoms with Crippen molar-refractivity contribution in [2.45, 2.75) is 25.0 Å². The van der Waals surface area contributed by atoms with Crippen molar-refractivity contribution in [3.63, 3.8) is 0 Å². The topological polar surface area (TPSA) is 59.8 Å². The minimum atomic E-state index is 0.00514. The van der Waals surface area contributed by atoms with Crippen molar-refractivity contribution in [2.75, 3.05) is 5.75 Å². The van der Waals surface area contributed by atoms with E-state index in [1.54, 1.807) is 10.9 Å². The molecule has 2 aromatic rings. The quantitative estimate of drug-likeness (QED) is 0.833. The van der Waals surface area contributed by atoms with Gasteiger partial charge in [0.05, 0.1) is 11.8 Å². The average Bonchev–Trinajstić information content (AvgIpc) is 2.88. The van der Waals surface area contributed by atoms with Crippen molar-refractivity contribution < 1.29 is 4.79 Å². The Labute approximate surface area is 129 Å². The van der Waals surface area contributed by atoms with Crippen LogP contribution in [-0.2, 0) is 11.8 Å². The molecule has 0 aliphatic carbocycles. The molecule has 0 aliphatic heterocycles. The van der Waals surface area contributed by atoms with Gasteiger partial charge in [0.15, 0.2) is 5.16 Å². The lowest BCUT2D eigenvalue weighted by Gasteiger charge is -2.22. The van der Waals surface area contributed by atoms with Gasteiger partial charge in [0.25, 0.3) is 0 Å². The van der Waals surface area contributed by atoms with Gasteiger partial charge in [-0.05, 0) is 11.5 Å². The smallest absolute Gasteiger partial charge is 0.230 e. The maximum Gasteiger partial charge on any atom is 0.230 e. The van der Waals surface area contributed by atoms with Crippen LogP contribution in [0.5, 0.6) is 0 Å². The van der Waals surface area contributed by atoms with E-state index in [9.17, 15) is 4.79 Å². The van der Waals surface area contributed by atoms with Crippen molar-refractivity contribution in [2.24, 2.45) is 13.0 Å². The van der Waals surface area contributed by atoms with Crippen LogP contribution >= 0.6 is 11.8 Å². The molecule has 0 saturated carbocycles. The van der Waals surface area contributed by atoms with E-state index in [1.165, 1.54) is 11.8 Å². The van der Waals surface area contributed by atoms with Crippen LogP contribution in [0.2, 0.25) is 0 Å². The number of aryl methyl sites for hydroxylation is 1. The van der Waals surface area contributed by atoms with E-state index in [1.807, 2.05) is 37.4 Å². The fourth-order valence-electron chi connectivity index (χ4n) is 2.04. The fraction of sp³-hybridized carbons (Fsp3) is 0.400. The first-order chi connectivity index (χ1) is 10.1. The molecule has 1 heterocycles. The summed E-state index contributed by atoms with van der Waals surface area (Å²) in [5, 5.41) is 11.6. The number of nitrogens with one attached hydrogen (secondary N) is 1. The summed E-state index contributed by atoms with van der Waals surface area (Å²) in [5.74, 6) is 0.671. The van der Waals surface area contributed by atoms with Crippen LogP contribution in [0.4, 0.5) is 0 Å². The van der Waals surface area contributed by atoms with E-state index in [-0.39, 0.29) is 11.9 Å². The average molecular weight is 304 g/mol. The molecule has 0 saturated heterocycles. The molecule has 0 radical (unpaired) electrons. The van der Waals surface area contributed by atoms with Gasteiger partial charge in [-0.15, -0.1) is 10.2 Å². The zero-order valence-corrected chi connectivity index (χ0v) is 13.3. The first kappa shape index (κ1) is 15.6. The second kappa shape index (κ2) is 7.26. The van der Waals surface area contributed by atoms with Crippen LogP contribution in [-0.4, -0.2) is 26.4 Å². The highest BCUT2D eigenvalue weighted by Gasteiger charge is 2.18. The van der Waals surface area contributed by atoms with Crippen LogP contribution in [0.3, 0.4) is 0 Å². The molecule has 112 valence electrons. The Morgan fingerprint density at radius 2 is 2.05 bits per heavy atom. The first-order valence-electron chi connectivity index (χ1n) is 6.89. The SMILES string of the molecule is CC(C)C(NC(=O)CSc1nncn1C)c1ccccc1. The summed E-state index contributed by atoms with van der Waals surface area (Å²) in [6, 6.07) is 10.1. The Balaban J connectivity index is 1.94. The minimum Gasteiger partial charge on any atom is -0.348 e. The third-order valence-electron chi connectivity index (χ3n) is 3.14. The van der Waals surface area contributed by atoms with Crippen molar-refractivity contribution in [3.05, 3.63) is 42.2 Å². The number of carbonyl (C=O) groups excluding carboxylic acids is 1. The summed E-state index contributed by atoms with van der Waals surface area (Å²) in [6.45, 7) is 4.21. The first-order valence-corrected chi connectivity index (χ1v) is 7.87. The molecule has 21 heavy (non-hydrogen) atoms. The molecule has 1 aromatic heterocycles. The largest absolute Gasteiger partial charge is 0.348 e. The maximum absolute atomic E-state index is 12.1. The molecule has 5 nitrogen and oxygen atoms in total. The number of nitrogens with zero attached hydrogens (tertiary/aromatic N) is 3. The van der Waals surface area contributed by atoms with Crippen LogP contribution in [0, 0.1) is 5.92 Å². The number of rotatable bonds is 6.